The smallest absolute Gasteiger partial charge is 0.221 e. The van der Waals surface area contributed by atoms with Crippen LogP contribution in [0.4, 0.5) is 26.4 Å². The summed E-state index contributed by atoms with van der Waals surface area (Å²) in [6.07, 6.45) is 3.30. The molecule has 1 saturated carbocycles. The van der Waals surface area contributed by atoms with E-state index in [0.29, 0.717) is 35.6 Å². The van der Waals surface area contributed by atoms with Gasteiger partial charge in [0.1, 0.15) is 17.8 Å². The number of nitrogens with two attached hydrogens (primary N) is 1. The predicted molar refractivity (Wildman–Crippen MR) is 99.4 cm³/mol. The van der Waals surface area contributed by atoms with Crippen molar-refractivity contribution in [3.8, 4) is 0 Å². The molecular formula is C18H16F2N8. The van der Waals surface area contributed by atoms with Gasteiger partial charge in [-0.25, -0.2) is 13.8 Å². The summed E-state index contributed by atoms with van der Waals surface area (Å²) in [5.74, 6) is 0.570. The second kappa shape index (κ2) is 6.25. The topological polar surface area (TPSA) is 121 Å². The number of nitrogen functional groups attached to an aromatic ring is 1. The van der Waals surface area contributed by atoms with Crippen molar-refractivity contribution in [1.29, 1.82) is 0 Å². The zero-order valence-electron chi connectivity index (χ0n) is 14.6. The van der Waals surface area contributed by atoms with Gasteiger partial charge in [0, 0.05) is 41.2 Å². The quantitative estimate of drug-likeness (QED) is 0.421. The average molecular weight is 382 g/mol. The third kappa shape index (κ3) is 3.02. The molecular weight excluding hydrogens is 366 g/mol. The highest BCUT2D eigenvalue weighted by molar-refractivity contribution is 5.82. The Morgan fingerprint density at radius 3 is 2.86 bits per heavy atom. The Kier molecular flexibility index (Phi) is 3.71. The van der Waals surface area contributed by atoms with Gasteiger partial charge in [-0.2, -0.15) is 15.2 Å². The van der Waals surface area contributed by atoms with Gasteiger partial charge < -0.3 is 11.1 Å². The molecule has 4 aromatic rings. The second-order valence-electron chi connectivity index (χ2n) is 6.87. The predicted octanol–water partition coefficient (Wildman–Crippen LogP) is 2.96. The van der Waals surface area contributed by atoms with E-state index in [-0.39, 0.29) is 17.7 Å². The molecule has 0 unspecified atom stereocenters. The molecule has 1 aliphatic rings. The van der Waals surface area contributed by atoms with E-state index in [0.717, 1.165) is 16.6 Å². The van der Waals surface area contributed by atoms with Crippen molar-refractivity contribution >= 4 is 28.5 Å². The summed E-state index contributed by atoms with van der Waals surface area (Å²) in [6.45, 7) is 0. The monoisotopic (exact) mass is 382 g/mol. The molecule has 142 valence electrons. The minimum Gasteiger partial charge on any atom is -0.368 e. The Balaban J connectivity index is 1.47. The number of hydrogen-bond donors (Lipinski definition) is 4. The Morgan fingerprint density at radius 1 is 1.18 bits per heavy atom. The van der Waals surface area contributed by atoms with Crippen molar-refractivity contribution < 1.29 is 8.78 Å². The van der Waals surface area contributed by atoms with Crippen molar-refractivity contribution in [2.75, 3.05) is 11.1 Å². The first-order chi connectivity index (χ1) is 13.6. The molecule has 1 aromatic carbocycles. The van der Waals surface area contributed by atoms with Gasteiger partial charge >= 0.3 is 0 Å². The standard InChI is InChI=1S/C18H16F2N8/c19-10-2-8(12-7-23-26-14(12)3-10)1-9-6-22-18(21)25-17(9)24-16-5-15(27-28-16)11-4-13(11)20/h2-3,5-7,11,13H,1,4H2,(H,23,26)(H4,21,22,24,25,27,28)/t11-,13-/m1/s1. The molecule has 0 amide bonds. The first kappa shape index (κ1) is 16.6. The highest BCUT2D eigenvalue weighted by atomic mass is 19.1. The highest BCUT2D eigenvalue weighted by Gasteiger charge is 2.40. The van der Waals surface area contributed by atoms with Gasteiger partial charge in [-0.15, -0.1) is 0 Å². The summed E-state index contributed by atoms with van der Waals surface area (Å²) in [4.78, 5) is 8.30. The molecule has 0 radical (unpaired) electrons. The average Bonchev–Trinajstić information content (AvgIpc) is 3.05. The zero-order chi connectivity index (χ0) is 19.3. The van der Waals surface area contributed by atoms with Crippen molar-refractivity contribution in [3.63, 3.8) is 0 Å². The third-order valence-corrected chi connectivity index (χ3v) is 4.83. The molecule has 1 fully saturated rings. The van der Waals surface area contributed by atoms with Crippen LogP contribution in [-0.2, 0) is 6.42 Å². The van der Waals surface area contributed by atoms with Crippen LogP contribution in [0.1, 0.15) is 29.2 Å². The lowest BCUT2D eigenvalue weighted by Gasteiger charge is -2.10. The Bertz CT molecular complexity index is 1170. The van der Waals surface area contributed by atoms with Crippen LogP contribution in [0.3, 0.4) is 0 Å². The molecule has 28 heavy (non-hydrogen) atoms. The number of H-pyrrole nitrogens is 2. The van der Waals surface area contributed by atoms with Gasteiger partial charge in [0.05, 0.1) is 11.7 Å². The summed E-state index contributed by atoms with van der Waals surface area (Å²) in [7, 11) is 0. The van der Waals surface area contributed by atoms with E-state index in [2.05, 4.69) is 35.7 Å². The Labute approximate surface area is 157 Å². The first-order valence-electron chi connectivity index (χ1n) is 8.76. The molecule has 0 spiro atoms. The lowest BCUT2D eigenvalue weighted by atomic mass is 10.0. The zero-order valence-corrected chi connectivity index (χ0v) is 14.6. The molecule has 0 aliphatic heterocycles. The molecule has 3 heterocycles. The summed E-state index contributed by atoms with van der Waals surface area (Å²) >= 11 is 0. The fourth-order valence-corrected chi connectivity index (χ4v) is 3.29. The van der Waals surface area contributed by atoms with Gasteiger partial charge in [-0.1, -0.05) is 0 Å². The van der Waals surface area contributed by atoms with Crippen LogP contribution in [0, 0.1) is 5.82 Å². The molecule has 1 aliphatic carbocycles. The molecule has 3 aromatic heterocycles. The van der Waals surface area contributed by atoms with Gasteiger partial charge in [0.15, 0.2) is 5.82 Å². The van der Waals surface area contributed by atoms with Crippen LogP contribution in [-0.4, -0.2) is 36.5 Å². The van der Waals surface area contributed by atoms with Gasteiger partial charge in [0.2, 0.25) is 5.95 Å². The number of anilines is 3. The molecule has 5 rings (SSSR count). The number of hydrogen-bond acceptors (Lipinski definition) is 6. The van der Waals surface area contributed by atoms with Crippen LogP contribution in [0.15, 0.2) is 30.6 Å². The maximum atomic E-state index is 13.9. The van der Waals surface area contributed by atoms with Gasteiger partial charge in [-0.3, -0.25) is 10.2 Å². The molecule has 0 saturated heterocycles. The number of aromatic amines is 2. The molecule has 10 heteroatoms. The summed E-state index contributed by atoms with van der Waals surface area (Å²) in [5, 5.41) is 17.7. The van der Waals surface area contributed by atoms with E-state index >= 15 is 0 Å². The van der Waals surface area contributed by atoms with E-state index in [4.69, 9.17) is 5.73 Å². The second-order valence-corrected chi connectivity index (χ2v) is 6.87. The van der Waals surface area contributed by atoms with E-state index in [1.165, 1.54) is 12.1 Å². The summed E-state index contributed by atoms with van der Waals surface area (Å²) in [6, 6.07) is 4.60. The Morgan fingerprint density at radius 2 is 2.04 bits per heavy atom. The number of aromatic nitrogens is 6. The van der Waals surface area contributed by atoms with Crippen molar-refractivity contribution in [2.24, 2.45) is 0 Å². The SMILES string of the molecule is Nc1ncc(Cc2cc(F)cc3[nH]ncc23)c(Nc2cc([C@@H]3C[C@H]3F)[nH]n2)n1. The van der Waals surface area contributed by atoms with Crippen LogP contribution >= 0.6 is 0 Å². The maximum absolute atomic E-state index is 13.9. The largest absolute Gasteiger partial charge is 0.368 e. The molecule has 2 atom stereocenters. The summed E-state index contributed by atoms with van der Waals surface area (Å²) < 4.78 is 27.2. The lowest BCUT2D eigenvalue weighted by molar-refractivity contribution is 0.466. The fourth-order valence-electron chi connectivity index (χ4n) is 3.29. The minimum absolute atomic E-state index is 0.0979. The fraction of sp³-hybridized carbons (Fsp3) is 0.222. The van der Waals surface area contributed by atoms with Gasteiger partial charge in [0.25, 0.3) is 0 Å². The number of alkyl halides is 1. The first-order valence-corrected chi connectivity index (χ1v) is 8.76. The van der Waals surface area contributed by atoms with E-state index in [1.807, 2.05) is 0 Å². The number of halogens is 2. The Hall–Kier alpha value is -3.56. The maximum Gasteiger partial charge on any atom is 0.221 e. The highest BCUT2D eigenvalue weighted by Crippen LogP contribution is 2.43. The van der Waals surface area contributed by atoms with Crippen LogP contribution < -0.4 is 11.1 Å². The molecule has 8 nitrogen and oxygen atoms in total. The number of benzene rings is 1. The number of rotatable bonds is 5. The normalized spacial score (nSPS) is 18.5. The minimum atomic E-state index is -0.816. The van der Waals surface area contributed by atoms with Crippen LogP contribution in [0.5, 0.6) is 0 Å². The lowest BCUT2D eigenvalue weighted by Crippen LogP contribution is -2.05. The van der Waals surface area contributed by atoms with E-state index < -0.39 is 6.17 Å². The third-order valence-electron chi connectivity index (χ3n) is 4.83. The molecule has 5 N–H and O–H groups in total. The number of fused-ring (bicyclic) bond motifs is 1. The van der Waals surface area contributed by atoms with Crippen molar-refractivity contribution in [2.45, 2.75) is 24.9 Å². The van der Waals surface area contributed by atoms with Crippen LogP contribution in [0.25, 0.3) is 10.9 Å². The molecule has 0 bridgehead atoms. The van der Waals surface area contributed by atoms with Gasteiger partial charge in [-0.05, 0) is 24.1 Å². The van der Waals surface area contributed by atoms with E-state index in [1.54, 1.807) is 18.5 Å². The van der Waals surface area contributed by atoms with Crippen molar-refractivity contribution in [3.05, 3.63) is 53.2 Å². The number of nitrogens with one attached hydrogen (secondary N) is 3. The summed E-state index contributed by atoms with van der Waals surface area (Å²) in [5.41, 5.74) is 8.54. The number of nitrogens with zero attached hydrogens (tertiary/aromatic N) is 4. The van der Waals surface area contributed by atoms with Crippen molar-refractivity contribution in [1.82, 2.24) is 30.4 Å². The van der Waals surface area contributed by atoms with Crippen LogP contribution in [0.2, 0.25) is 0 Å². The van der Waals surface area contributed by atoms with E-state index in [9.17, 15) is 8.78 Å².